The Morgan fingerprint density at radius 3 is 2.62 bits per heavy atom. The molecule has 1 aromatic carbocycles. The Kier molecular flexibility index (Phi) is 6.27. The molecule has 24 heavy (non-hydrogen) atoms. The van der Waals surface area contributed by atoms with Crippen LogP contribution < -0.4 is 5.73 Å². The van der Waals surface area contributed by atoms with Crippen molar-refractivity contribution in [2.24, 2.45) is 5.73 Å². The van der Waals surface area contributed by atoms with Gasteiger partial charge in [-0.25, -0.2) is 0 Å². The summed E-state index contributed by atoms with van der Waals surface area (Å²) in [6.45, 7) is 8.61. The summed E-state index contributed by atoms with van der Waals surface area (Å²) < 4.78 is 2.14. The second-order valence-corrected chi connectivity index (χ2v) is 6.39. The van der Waals surface area contributed by atoms with Gasteiger partial charge in [-0.3, -0.25) is 4.79 Å². The summed E-state index contributed by atoms with van der Waals surface area (Å²) in [6, 6.07) is 7.62. The van der Waals surface area contributed by atoms with E-state index in [9.17, 15) is 4.79 Å². The second kappa shape index (κ2) is 8.20. The van der Waals surface area contributed by atoms with E-state index in [1.165, 1.54) is 0 Å². The molecular formula is C20H25ClN2O. The second-order valence-electron chi connectivity index (χ2n) is 5.98. The van der Waals surface area contributed by atoms with E-state index in [-0.39, 0.29) is 0 Å². The highest BCUT2D eigenvalue weighted by Crippen LogP contribution is 2.37. The van der Waals surface area contributed by atoms with Crippen LogP contribution >= 0.6 is 11.6 Å². The van der Waals surface area contributed by atoms with Crippen LogP contribution in [0.5, 0.6) is 0 Å². The topological polar surface area (TPSA) is 48.0 Å². The summed E-state index contributed by atoms with van der Waals surface area (Å²) >= 11 is 6.43. The van der Waals surface area contributed by atoms with Crippen LogP contribution in [0.1, 0.15) is 47.9 Å². The predicted molar refractivity (Wildman–Crippen MR) is 102 cm³/mol. The van der Waals surface area contributed by atoms with Gasteiger partial charge in [-0.15, -0.1) is 6.58 Å². The number of nitrogens with zero attached hydrogens (tertiary/aromatic N) is 1. The molecule has 0 unspecified atom stereocenters. The summed E-state index contributed by atoms with van der Waals surface area (Å²) in [5, 5.41) is 0.632. The number of allylic oxidation sites excluding steroid dienone is 1. The zero-order chi connectivity index (χ0) is 17.7. The highest BCUT2D eigenvalue weighted by Gasteiger charge is 2.25. The first kappa shape index (κ1) is 18.3. The van der Waals surface area contributed by atoms with E-state index < -0.39 is 5.91 Å². The zero-order valence-electron chi connectivity index (χ0n) is 14.4. The van der Waals surface area contributed by atoms with Crippen LogP contribution in [-0.4, -0.2) is 10.5 Å². The SMILES string of the molecule is C=CCn1c(C)c(C(N)=O)c(-c2ccccc2Cl)c1CCCCC. The quantitative estimate of drug-likeness (QED) is 0.523. The molecule has 0 aliphatic rings. The number of hydrogen-bond donors (Lipinski definition) is 1. The summed E-state index contributed by atoms with van der Waals surface area (Å²) in [7, 11) is 0. The van der Waals surface area contributed by atoms with E-state index in [0.29, 0.717) is 17.1 Å². The number of carbonyl (C=O) groups excluding carboxylic acids is 1. The molecule has 0 radical (unpaired) electrons. The number of halogens is 1. The third kappa shape index (κ3) is 3.57. The predicted octanol–water partition coefficient (Wildman–Crippen LogP) is 5.13. The number of unbranched alkanes of at least 4 members (excludes halogenated alkanes) is 2. The number of rotatable bonds is 8. The molecule has 0 saturated carbocycles. The smallest absolute Gasteiger partial charge is 0.251 e. The van der Waals surface area contributed by atoms with Gasteiger partial charge in [0.25, 0.3) is 5.91 Å². The van der Waals surface area contributed by atoms with Gasteiger partial charge in [0, 0.05) is 34.1 Å². The van der Waals surface area contributed by atoms with Gasteiger partial charge in [0.1, 0.15) is 0 Å². The molecule has 0 aliphatic heterocycles. The van der Waals surface area contributed by atoms with Crippen molar-refractivity contribution in [1.82, 2.24) is 4.57 Å². The summed E-state index contributed by atoms with van der Waals surface area (Å²) in [6.07, 6.45) is 6.08. The van der Waals surface area contributed by atoms with E-state index in [2.05, 4.69) is 18.1 Å². The van der Waals surface area contributed by atoms with Gasteiger partial charge in [0.05, 0.1) is 5.56 Å². The van der Waals surface area contributed by atoms with Crippen molar-refractivity contribution in [3.8, 4) is 11.1 Å². The molecule has 3 nitrogen and oxygen atoms in total. The van der Waals surface area contributed by atoms with Gasteiger partial charge in [-0.2, -0.15) is 0 Å². The number of benzene rings is 1. The molecule has 2 rings (SSSR count). The van der Waals surface area contributed by atoms with Crippen molar-refractivity contribution >= 4 is 17.5 Å². The minimum absolute atomic E-state index is 0.415. The molecule has 0 fully saturated rings. The van der Waals surface area contributed by atoms with Crippen molar-refractivity contribution in [3.63, 3.8) is 0 Å². The Labute approximate surface area is 149 Å². The van der Waals surface area contributed by atoms with E-state index in [0.717, 1.165) is 48.2 Å². The maximum absolute atomic E-state index is 12.2. The molecule has 2 aromatic rings. The number of hydrogen-bond acceptors (Lipinski definition) is 1. The number of amides is 1. The van der Waals surface area contributed by atoms with E-state index >= 15 is 0 Å². The standard InChI is InChI=1S/C20H25ClN2O/c1-4-6-7-12-17-19(15-10-8-9-11-16(15)21)18(20(22)24)14(3)23(17)13-5-2/h5,8-11H,2,4,6-7,12-13H2,1,3H3,(H2,22,24). The molecule has 128 valence electrons. The normalized spacial score (nSPS) is 10.8. The lowest BCUT2D eigenvalue weighted by molar-refractivity contribution is 0.1000. The average molecular weight is 345 g/mol. The first-order chi connectivity index (χ1) is 11.5. The van der Waals surface area contributed by atoms with Gasteiger partial charge >= 0.3 is 0 Å². The van der Waals surface area contributed by atoms with Gasteiger partial charge in [0.2, 0.25) is 0 Å². The Balaban J connectivity index is 2.72. The van der Waals surface area contributed by atoms with Crippen LogP contribution in [0.4, 0.5) is 0 Å². The highest BCUT2D eigenvalue weighted by atomic mass is 35.5. The average Bonchev–Trinajstić information content (AvgIpc) is 2.81. The molecule has 1 amide bonds. The molecule has 1 aromatic heterocycles. The van der Waals surface area contributed by atoms with Crippen LogP contribution in [0.3, 0.4) is 0 Å². The molecular weight excluding hydrogens is 320 g/mol. The molecule has 1 heterocycles. The van der Waals surface area contributed by atoms with Crippen molar-refractivity contribution in [3.05, 3.63) is 58.9 Å². The third-order valence-electron chi connectivity index (χ3n) is 4.35. The van der Waals surface area contributed by atoms with Gasteiger partial charge in [0.15, 0.2) is 0 Å². The minimum Gasteiger partial charge on any atom is -0.366 e. The number of carbonyl (C=O) groups is 1. The third-order valence-corrected chi connectivity index (χ3v) is 4.68. The fourth-order valence-electron chi connectivity index (χ4n) is 3.23. The Morgan fingerprint density at radius 1 is 1.33 bits per heavy atom. The monoisotopic (exact) mass is 344 g/mol. The number of aromatic nitrogens is 1. The summed E-state index contributed by atoms with van der Waals surface area (Å²) in [5.74, 6) is -0.415. The summed E-state index contributed by atoms with van der Waals surface area (Å²) in [5.41, 5.74) is 10.0. The number of nitrogens with two attached hydrogens (primary N) is 1. The molecule has 4 heteroatoms. The Bertz CT molecular complexity index is 746. The Morgan fingerprint density at radius 2 is 2.04 bits per heavy atom. The maximum Gasteiger partial charge on any atom is 0.251 e. The van der Waals surface area contributed by atoms with E-state index in [1.54, 1.807) is 0 Å². The van der Waals surface area contributed by atoms with Gasteiger partial charge < -0.3 is 10.3 Å². The number of primary amides is 1. The van der Waals surface area contributed by atoms with Gasteiger partial charge in [-0.1, -0.05) is 55.6 Å². The van der Waals surface area contributed by atoms with Gasteiger partial charge in [-0.05, 0) is 25.8 Å². The fourth-order valence-corrected chi connectivity index (χ4v) is 3.46. The largest absolute Gasteiger partial charge is 0.366 e. The van der Waals surface area contributed by atoms with Crippen LogP contribution in [0.2, 0.25) is 5.02 Å². The van der Waals surface area contributed by atoms with Crippen molar-refractivity contribution in [1.29, 1.82) is 0 Å². The Hall–Kier alpha value is -2.00. The lowest BCUT2D eigenvalue weighted by Crippen LogP contribution is -2.13. The molecule has 0 aliphatic carbocycles. The molecule has 0 bridgehead atoms. The maximum atomic E-state index is 12.2. The van der Waals surface area contributed by atoms with Crippen LogP contribution in [0, 0.1) is 6.92 Å². The van der Waals surface area contributed by atoms with Crippen molar-refractivity contribution in [2.45, 2.75) is 46.1 Å². The zero-order valence-corrected chi connectivity index (χ0v) is 15.2. The van der Waals surface area contributed by atoms with Crippen LogP contribution in [0.25, 0.3) is 11.1 Å². The van der Waals surface area contributed by atoms with E-state index in [4.69, 9.17) is 17.3 Å². The fraction of sp³-hybridized carbons (Fsp3) is 0.350. The van der Waals surface area contributed by atoms with Crippen LogP contribution in [0.15, 0.2) is 36.9 Å². The first-order valence-electron chi connectivity index (χ1n) is 8.40. The van der Waals surface area contributed by atoms with Crippen LogP contribution in [-0.2, 0) is 13.0 Å². The lowest BCUT2D eigenvalue weighted by atomic mass is 9.97. The first-order valence-corrected chi connectivity index (χ1v) is 8.78. The molecule has 0 atom stereocenters. The molecule has 0 saturated heterocycles. The summed E-state index contributed by atoms with van der Waals surface area (Å²) in [4.78, 5) is 12.2. The molecule has 2 N–H and O–H groups in total. The minimum atomic E-state index is -0.415. The molecule has 0 spiro atoms. The van der Waals surface area contributed by atoms with Crippen molar-refractivity contribution in [2.75, 3.05) is 0 Å². The van der Waals surface area contributed by atoms with Crippen molar-refractivity contribution < 1.29 is 4.79 Å². The van der Waals surface area contributed by atoms with E-state index in [1.807, 2.05) is 37.3 Å². The lowest BCUT2D eigenvalue weighted by Gasteiger charge is -2.12. The highest BCUT2D eigenvalue weighted by molar-refractivity contribution is 6.33.